The Morgan fingerprint density at radius 1 is 0.917 bits per heavy atom. The topological polar surface area (TPSA) is 127 Å². The molecule has 194 valence electrons. The molecule has 4 heterocycles. The van der Waals surface area contributed by atoms with E-state index in [1.165, 1.54) is 22.7 Å². The number of carbonyl (C=O) groups is 2. The lowest BCUT2D eigenvalue weighted by atomic mass is 9.99. The van der Waals surface area contributed by atoms with Crippen molar-refractivity contribution in [3.8, 4) is 6.07 Å². The molecule has 2 aliphatic rings. The largest absolute Gasteiger partial charge is 0.462 e. The minimum absolute atomic E-state index is 0.115. The molecule has 1 atom stereocenters. The molecular weight excluding hydrogens is 506 g/mol. The van der Waals surface area contributed by atoms with Crippen LogP contribution in [0.5, 0.6) is 0 Å². The van der Waals surface area contributed by atoms with Crippen molar-refractivity contribution in [2.45, 2.75) is 26.2 Å². The van der Waals surface area contributed by atoms with E-state index >= 15 is 0 Å². The third-order valence-corrected chi connectivity index (χ3v) is 7.95. The van der Waals surface area contributed by atoms with Gasteiger partial charge in [-0.05, 0) is 13.8 Å². The fourth-order valence-corrected chi connectivity index (χ4v) is 6.02. The number of aromatic nitrogens is 2. The first-order valence-corrected chi connectivity index (χ1v) is 13.6. The maximum Gasteiger partial charge on any atom is 0.350 e. The van der Waals surface area contributed by atoms with Gasteiger partial charge in [0, 0.05) is 32.6 Å². The number of esters is 2. The van der Waals surface area contributed by atoms with E-state index in [1.54, 1.807) is 13.8 Å². The highest BCUT2D eigenvalue weighted by atomic mass is 32.1. The van der Waals surface area contributed by atoms with Gasteiger partial charge in [-0.3, -0.25) is 0 Å². The molecule has 36 heavy (non-hydrogen) atoms. The smallest absolute Gasteiger partial charge is 0.350 e. The first-order chi connectivity index (χ1) is 17.5. The summed E-state index contributed by atoms with van der Waals surface area (Å²) in [5.74, 6) is -1.79. The van der Waals surface area contributed by atoms with E-state index in [0.29, 0.717) is 84.0 Å². The molecule has 0 radical (unpaired) electrons. The number of ether oxygens (including phenoxy) is 4. The van der Waals surface area contributed by atoms with Gasteiger partial charge >= 0.3 is 11.9 Å². The number of hydrogen-bond donors (Lipinski definition) is 0. The molecule has 0 aliphatic carbocycles. The second kappa shape index (κ2) is 12.4. The van der Waals surface area contributed by atoms with E-state index in [9.17, 15) is 14.9 Å². The molecule has 2 fully saturated rings. The van der Waals surface area contributed by atoms with Crippen molar-refractivity contribution in [2.24, 2.45) is 0 Å². The third kappa shape index (κ3) is 5.95. The maximum absolute atomic E-state index is 12.8. The molecule has 0 spiro atoms. The van der Waals surface area contributed by atoms with Gasteiger partial charge < -0.3 is 28.7 Å². The molecule has 2 aromatic heterocycles. The lowest BCUT2D eigenvalue weighted by Gasteiger charge is -2.26. The number of thiazole rings is 2. The molecule has 2 aromatic rings. The SMILES string of the molecule is CCOC(=O)c1sc(N2CCOCC2)nc1C[C@@H](C#N)c1nc(N2CCOCC2)sc1C(=O)OCC. The van der Waals surface area contributed by atoms with Crippen LogP contribution in [0.1, 0.15) is 50.5 Å². The quantitative estimate of drug-likeness (QED) is 0.439. The Hall–Kier alpha value is -2.79. The van der Waals surface area contributed by atoms with Crippen LogP contribution in [0.2, 0.25) is 0 Å². The minimum atomic E-state index is -0.803. The molecule has 4 rings (SSSR count). The second-order valence-electron chi connectivity index (χ2n) is 8.01. The number of morpholine rings is 2. The summed E-state index contributed by atoms with van der Waals surface area (Å²) in [5.41, 5.74) is 0.806. The Morgan fingerprint density at radius 3 is 1.94 bits per heavy atom. The summed E-state index contributed by atoms with van der Waals surface area (Å²) < 4.78 is 21.4. The van der Waals surface area contributed by atoms with Gasteiger partial charge in [-0.1, -0.05) is 22.7 Å². The molecule has 0 aromatic carbocycles. The van der Waals surface area contributed by atoms with Crippen LogP contribution in [0, 0.1) is 11.3 Å². The van der Waals surface area contributed by atoms with Gasteiger partial charge in [-0.25, -0.2) is 19.6 Å². The van der Waals surface area contributed by atoms with Gasteiger partial charge in [-0.15, -0.1) is 0 Å². The van der Waals surface area contributed by atoms with E-state index in [0.717, 1.165) is 0 Å². The predicted molar refractivity (Wildman–Crippen MR) is 134 cm³/mol. The molecule has 2 aliphatic heterocycles. The normalized spacial score (nSPS) is 16.9. The first-order valence-electron chi connectivity index (χ1n) is 11.9. The Bertz CT molecular complexity index is 1100. The molecule has 13 heteroatoms. The molecule has 2 saturated heterocycles. The molecule has 0 bridgehead atoms. The van der Waals surface area contributed by atoms with Gasteiger partial charge in [0.25, 0.3) is 0 Å². The number of nitrogens with zero attached hydrogens (tertiary/aromatic N) is 5. The highest BCUT2D eigenvalue weighted by Gasteiger charge is 2.31. The molecular formula is C23H29N5O6S2. The highest BCUT2D eigenvalue weighted by molar-refractivity contribution is 7.18. The molecule has 0 unspecified atom stereocenters. The van der Waals surface area contributed by atoms with Crippen LogP contribution in [-0.2, 0) is 25.4 Å². The van der Waals surface area contributed by atoms with Crippen LogP contribution < -0.4 is 9.80 Å². The summed E-state index contributed by atoms with van der Waals surface area (Å²) in [6.45, 7) is 8.84. The first kappa shape index (κ1) is 26.3. The molecule has 0 amide bonds. The van der Waals surface area contributed by atoms with Gasteiger partial charge in [0.15, 0.2) is 10.3 Å². The average molecular weight is 536 g/mol. The lowest BCUT2D eigenvalue weighted by Crippen LogP contribution is -2.36. The molecule has 0 saturated carbocycles. The summed E-state index contributed by atoms with van der Waals surface area (Å²) in [6, 6.07) is 2.28. The standard InChI is InChI=1S/C23H29N5O6S2/c1-3-33-20(29)18-16(25-22(35-18)27-5-9-31-10-6-27)13-15(14-24)17-19(21(30)34-4-2)36-23(26-17)28-7-11-32-12-8-28/h15H,3-13H2,1-2H3/t15-/m0/s1. The van der Waals surface area contributed by atoms with Crippen LogP contribution in [0.3, 0.4) is 0 Å². The zero-order valence-corrected chi connectivity index (χ0v) is 22.0. The average Bonchev–Trinajstić information content (AvgIpc) is 3.54. The second-order valence-corrected chi connectivity index (χ2v) is 9.96. The van der Waals surface area contributed by atoms with Crippen LogP contribution >= 0.6 is 22.7 Å². The number of nitriles is 1. The lowest BCUT2D eigenvalue weighted by molar-refractivity contribution is 0.0519. The van der Waals surface area contributed by atoms with Crippen molar-refractivity contribution in [1.82, 2.24) is 9.97 Å². The molecule has 11 nitrogen and oxygen atoms in total. The van der Waals surface area contributed by atoms with Crippen LogP contribution in [-0.4, -0.2) is 87.7 Å². The van der Waals surface area contributed by atoms with E-state index in [-0.39, 0.29) is 19.6 Å². The van der Waals surface area contributed by atoms with Crippen molar-refractivity contribution in [1.29, 1.82) is 5.26 Å². The number of carbonyl (C=O) groups excluding carboxylic acids is 2. The van der Waals surface area contributed by atoms with Crippen LogP contribution in [0.15, 0.2) is 0 Å². The van der Waals surface area contributed by atoms with Crippen LogP contribution in [0.4, 0.5) is 10.3 Å². The van der Waals surface area contributed by atoms with Crippen molar-refractivity contribution >= 4 is 44.9 Å². The van der Waals surface area contributed by atoms with E-state index in [2.05, 4.69) is 11.0 Å². The van der Waals surface area contributed by atoms with E-state index in [4.69, 9.17) is 28.9 Å². The van der Waals surface area contributed by atoms with E-state index in [1.807, 2.05) is 4.90 Å². The summed E-state index contributed by atoms with van der Waals surface area (Å²) in [5, 5.41) is 11.5. The summed E-state index contributed by atoms with van der Waals surface area (Å²) in [4.78, 5) is 39.7. The maximum atomic E-state index is 12.8. The van der Waals surface area contributed by atoms with Crippen LogP contribution in [0.25, 0.3) is 0 Å². The zero-order valence-electron chi connectivity index (χ0n) is 20.4. The Balaban J connectivity index is 1.67. The summed E-state index contributed by atoms with van der Waals surface area (Å²) >= 11 is 2.47. The summed E-state index contributed by atoms with van der Waals surface area (Å²) in [6.07, 6.45) is 0.115. The fourth-order valence-electron chi connectivity index (χ4n) is 3.91. The minimum Gasteiger partial charge on any atom is -0.462 e. The molecule has 0 N–H and O–H groups in total. The number of anilines is 2. The van der Waals surface area contributed by atoms with Crippen molar-refractivity contribution in [3.05, 3.63) is 21.1 Å². The van der Waals surface area contributed by atoms with Gasteiger partial charge in [0.05, 0.1) is 63.0 Å². The van der Waals surface area contributed by atoms with Gasteiger partial charge in [0.1, 0.15) is 9.75 Å². The Labute approximate surface area is 217 Å². The van der Waals surface area contributed by atoms with E-state index < -0.39 is 17.9 Å². The number of hydrogen-bond acceptors (Lipinski definition) is 13. The Kier molecular flexibility index (Phi) is 9.08. The zero-order chi connectivity index (χ0) is 25.5. The monoisotopic (exact) mass is 535 g/mol. The van der Waals surface area contributed by atoms with Gasteiger partial charge in [-0.2, -0.15) is 5.26 Å². The van der Waals surface area contributed by atoms with Crippen molar-refractivity contribution in [3.63, 3.8) is 0 Å². The van der Waals surface area contributed by atoms with Crippen molar-refractivity contribution < 1.29 is 28.5 Å². The third-order valence-electron chi connectivity index (χ3n) is 5.70. The van der Waals surface area contributed by atoms with Gasteiger partial charge in [0.2, 0.25) is 0 Å². The van der Waals surface area contributed by atoms with Crippen molar-refractivity contribution in [2.75, 3.05) is 75.6 Å². The predicted octanol–water partition coefficient (Wildman–Crippen LogP) is 2.48. The Morgan fingerprint density at radius 2 is 1.42 bits per heavy atom. The number of rotatable bonds is 9. The highest BCUT2D eigenvalue weighted by Crippen LogP contribution is 2.36. The fraction of sp³-hybridized carbons (Fsp3) is 0.609. The summed E-state index contributed by atoms with van der Waals surface area (Å²) in [7, 11) is 0.